The highest BCUT2D eigenvalue weighted by atomic mass is 35.5. The van der Waals surface area contributed by atoms with E-state index in [9.17, 15) is 9.90 Å². The summed E-state index contributed by atoms with van der Waals surface area (Å²) in [6.45, 7) is 4.39. The van der Waals surface area contributed by atoms with Crippen LogP contribution in [0, 0.1) is 0 Å². The van der Waals surface area contributed by atoms with E-state index in [4.69, 9.17) is 16.7 Å². The van der Waals surface area contributed by atoms with Crippen LogP contribution in [0.4, 0.5) is 0 Å². The summed E-state index contributed by atoms with van der Waals surface area (Å²) in [5.41, 5.74) is -1.37. The summed E-state index contributed by atoms with van der Waals surface area (Å²) >= 11 is 5.61. The van der Waals surface area contributed by atoms with Crippen LogP contribution in [0.25, 0.3) is 0 Å². The minimum absolute atomic E-state index is 0.305. The molecule has 0 aromatic carbocycles. The van der Waals surface area contributed by atoms with Crippen LogP contribution < -0.4 is 0 Å². The van der Waals surface area contributed by atoms with Crippen LogP contribution >= 0.6 is 11.6 Å². The summed E-state index contributed by atoms with van der Waals surface area (Å²) in [5, 5.41) is 18.1. The molecule has 0 saturated carbocycles. The first kappa shape index (κ1) is 10.7. The number of alkyl halides is 1. The van der Waals surface area contributed by atoms with Crippen LogP contribution in [0.15, 0.2) is 0 Å². The van der Waals surface area contributed by atoms with E-state index in [2.05, 4.69) is 0 Å². The molecule has 11 heavy (non-hydrogen) atoms. The van der Waals surface area contributed by atoms with E-state index in [0.717, 1.165) is 0 Å². The number of aliphatic carboxylic acids is 1. The molecule has 0 aromatic rings. The van der Waals surface area contributed by atoms with Gasteiger partial charge in [0.15, 0.2) is 4.87 Å². The van der Waals surface area contributed by atoms with Crippen LogP contribution in [-0.2, 0) is 4.79 Å². The second-order valence-corrected chi connectivity index (χ2v) is 3.69. The maximum Gasteiger partial charge on any atom is 0.327 e. The summed E-state index contributed by atoms with van der Waals surface area (Å²) < 4.78 is 0. The van der Waals surface area contributed by atoms with Gasteiger partial charge in [0.05, 0.1) is 5.60 Å². The Kier molecular flexibility index (Phi) is 2.91. The van der Waals surface area contributed by atoms with Crippen molar-refractivity contribution in [3.8, 4) is 0 Å². The molecule has 0 spiro atoms. The Bertz CT molecular complexity index is 163. The molecule has 0 saturated heterocycles. The molecule has 2 unspecified atom stereocenters. The molecule has 0 aliphatic rings. The van der Waals surface area contributed by atoms with Gasteiger partial charge in [-0.15, -0.1) is 11.6 Å². The highest BCUT2D eigenvalue weighted by molar-refractivity contribution is 6.34. The lowest BCUT2D eigenvalue weighted by Gasteiger charge is -2.33. The Hall–Kier alpha value is -0.280. The van der Waals surface area contributed by atoms with E-state index in [1.54, 1.807) is 6.92 Å². The van der Waals surface area contributed by atoms with Gasteiger partial charge in [0.25, 0.3) is 0 Å². The highest BCUT2D eigenvalue weighted by Crippen LogP contribution is 2.31. The first-order valence-corrected chi connectivity index (χ1v) is 3.78. The lowest BCUT2D eigenvalue weighted by molar-refractivity contribution is -0.147. The van der Waals surface area contributed by atoms with Crippen molar-refractivity contribution in [2.75, 3.05) is 0 Å². The minimum atomic E-state index is -1.61. The molecule has 0 aromatic heterocycles. The van der Waals surface area contributed by atoms with E-state index < -0.39 is 16.4 Å². The Morgan fingerprint density at radius 2 is 1.91 bits per heavy atom. The van der Waals surface area contributed by atoms with Gasteiger partial charge in [0, 0.05) is 0 Å². The van der Waals surface area contributed by atoms with Crippen molar-refractivity contribution in [2.24, 2.45) is 0 Å². The highest BCUT2D eigenvalue weighted by Gasteiger charge is 2.46. The summed E-state index contributed by atoms with van der Waals surface area (Å²) in [7, 11) is 0. The molecule has 0 aliphatic carbocycles. The molecule has 3 nitrogen and oxygen atoms in total. The van der Waals surface area contributed by atoms with E-state index >= 15 is 0 Å². The van der Waals surface area contributed by atoms with E-state index in [1.807, 2.05) is 0 Å². The fraction of sp³-hybridized carbons (Fsp3) is 0.857. The number of hydrogen-bond donors (Lipinski definition) is 2. The van der Waals surface area contributed by atoms with Crippen LogP contribution in [0.1, 0.15) is 27.2 Å². The molecular weight excluding hydrogens is 168 g/mol. The van der Waals surface area contributed by atoms with Crippen molar-refractivity contribution in [3.05, 3.63) is 0 Å². The largest absolute Gasteiger partial charge is 0.480 e. The van der Waals surface area contributed by atoms with Crippen molar-refractivity contribution in [1.82, 2.24) is 0 Å². The zero-order valence-corrected chi connectivity index (χ0v) is 7.64. The molecule has 2 atom stereocenters. The number of aliphatic hydroxyl groups is 1. The molecule has 0 bridgehead atoms. The second-order valence-electron chi connectivity index (χ2n) is 2.94. The van der Waals surface area contributed by atoms with Crippen LogP contribution in [-0.4, -0.2) is 26.7 Å². The first-order chi connectivity index (χ1) is 4.75. The van der Waals surface area contributed by atoms with Gasteiger partial charge in [-0.2, -0.15) is 0 Å². The van der Waals surface area contributed by atoms with Crippen molar-refractivity contribution in [2.45, 2.75) is 37.7 Å². The number of carbonyl (C=O) groups is 1. The lowest BCUT2D eigenvalue weighted by atomic mass is 9.87. The fourth-order valence-electron chi connectivity index (χ4n) is 0.562. The van der Waals surface area contributed by atoms with Crippen molar-refractivity contribution < 1.29 is 15.0 Å². The van der Waals surface area contributed by atoms with Crippen LogP contribution in [0.5, 0.6) is 0 Å². The summed E-state index contributed by atoms with van der Waals surface area (Å²) in [5.74, 6) is -1.20. The Morgan fingerprint density at radius 1 is 1.55 bits per heavy atom. The maximum atomic E-state index is 10.5. The third-order valence-corrected chi connectivity index (χ3v) is 2.67. The predicted molar refractivity (Wildman–Crippen MR) is 42.8 cm³/mol. The van der Waals surface area contributed by atoms with E-state index in [0.29, 0.717) is 6.42 Å². The zero-order chi connectivity index (χ0) is 9.28. The molecule has 0 radical (unpaired) electrons. The van der Waals surface area contributed by atoms with Crippen molar-refractivity contribution in [1.29, 1.82) is 0 Å². The third kappa shape index (κ3) is 1.84. The predicted octanol–water partition coefficient (Wildman–Crippen LogP) is 1.23. The van der Waals surface area contributed by atoms with Gasteiger partial charge in [-0.1, -0.05) is 6.92 Å². The summed E-state index contributed by atoms with van der Waals surface area (Å²) in [4.78, 5) is 8.93. The first-order valence-electron chi connectivity index (χ1n) is 3.40. The Labute approximate surface area is 71.0 Å². The minimum Gasteiger partial charge on any atom is -0.480 e. The molecule has 0 fully saturated rings. The molecule has 0 heterocycles. The average Bonchev–Trinajstić information content (AvgIpc) is 1.87. The molecular formula is C7H13ClO3. The van der Waals surface area contributed by atoms with E-state index in [1.165, 1.54) is 13.8 Å². The zero-order valence-electron chi connectivity index (χ0n) is 6.89. The van der Waals surface area contributed by atoms with Gasteiger partial charge in [-0.05, 0) is 20.3 Å². The van der Waals surface area contributed by atoms with Crippen LogP contribution in [0.2, 0.25) is 0 Å². The van der Waals surface area contributed by atoms with Gasteiger partial charge in [0.1, 0.15) is 0 Å². The smallest absolute Gasteiger partial charge is 0.327 e. The number of rotatable bonds is 3. The number of carboxylic acids is 1. The normalized spacial score (nSPS) is 21.9. The lowest BCUT2D eigenvalue weighted by Crippen LogP contribution is -2.50. The van der Waals surface area contributed by atoms with Gasteiger partial charge in [-0.3, -0.25) is 4.79 Å². The van der Waals surface area contributed by atoms with Gasteiger partial charge >= 0.3 is 5.97 Å². The maximum absolute atomic E-state index is 10.5. The third-order valence-electron chi connectivity index (χ3n) is 2.10. The monoisotopic (exact) mass is 180 g/mol. The van der Waals surface area contributed by atoms with Crippen molar-refractivity contribution in [3.63, 3.8) is 0 Å². The quantitative estimate of drug-likeness (QED) is 0.643. The van der Waals surface area contributed by atoms with Gasteiger partial charge < -0.3 is 10.2 Å². The summed E-state index contributed by atoms with van der Waals surface area (Å²) in [6.07, 6.45) is 0.305. The molecule has 0 amide bonds. The van der Waals surface area contributed by atoms with Crippen LogP contribution in [0.3, 0.4) is 0 Å². The molecule has 2 N–H and O–H groups in total. The molecule has 0 aliphatic heterocycles. The fourth-order valence-corrected chi connectivity index (χ4v) is 0.696. The second kappa shape index (κ2) is 2.99. The SMILES string of the molecule is CCC(C)(O)C(C)(Cl)C(=O)O. The number of carboxylic acid groups (broad SMARTS) is 1. The van der Waals surface area contributed by atoms with Gasteiger partial charge in [-0.25, -0.2) is 0 Å². The number of hydrogen-bond acceptors (Lipinski definition) is 2. The standard InChI is InChI=1S/C7H13ClO3/c1-4-6(2,11)7(3,8)5(9)10/h11H,4H2,1-3H3,(H,9,10). The molecule has 66 valence electrons. The molecule has 0 rings (SSSR count). The number of halogens is 1. The molecule has 4 heteroatoms. The summed E-state index contributed by atoms with van der Waals surface area (Å²) in [6, 6.07) is 0. The van der Waals surface area contributed by atoms with Gasteiger partial charge in [0.2, 0.25) is 0 Å². The van der Waals surface area contributed by atoms with E-state index in [-0.39, 0.29) is 0 Å². The topological polar surface area (TPSA) is 57.5 Å². The average molecular weight is 181 g/mol. The van der Waals surface area contributed by atoms with Crippen molar-refractivity contribution >= 4 is 17.6 Å². The Morgan fingerprint density at radius 3 is 2.00 bits per heavy atom. The Balaban J connectivity index is 4.67.